The van der Waals surface area contributed by atoms with E-state index in [0.29, 0.717) is 40.8 Å². The summed E-state index contributed by atoms with van der Waals surface area (Å²) < 4.78 is 10.6. The average Bonchev–Trinajstić information content (AvgIpc) is 3.04. The molecule has 0 saturated carbocycles. The number of halogens is 1. The molecule has 2 aromatic rings. The largest absolute Gasteiger partial charge is 0.484 e. The molecule has 0 saturated heterocycles. The van der Waals surface area contributed by atoms with Gasteiger partial charge in [-0.25, -0.2) is 4.79 Å². The van der Waals surface area contributed by atoms with Crippen molar-refractivity contribution >= 4 is 45.7 Å². The third kappa shape index (κ3) is 5.07. The highest BCUT2D eigenvalue weighted by atomic mass is 35.5. The van der Waals surface area contributed by atoms with Crippen LogP contribution < -0.4 is 10.1 Å². The monoisotopic (exact) mass is 436 g/mol. The van der Waals surface area contributed by atoms with E-state index in [9.17, 15) is 14.4 Å². The van der Waals surface area contributed by atoms with Crippen molar-refractivity contribution in [3.05, 3.63) is 45.3 Å². The number of hydrogen-bond donors (Lipinski definition) is 1. The molecule has 1 aromatic carbocycles. The van der Waals surface area contributed by atoms with Gasteiger partial charge in [-0.1, -0.05) is 11.6 Å². The van der Waals surface area contributed by atoms with E-state index in [-0.39, 0.29) is 19.1 Å². The number of carbonyl (C=O) groups excluding carboxylic acids is 3. The highest BCUT2D eigenvalue weighted by Crippen LogP contribution is 2.37. The minimum Gasteiger partial charge on any atom is -0.484 e. The van der Waals surface area contributed by atoms with Crippen LogP contribution in [0, 0.1) is 0 Å². The minimum atomic E-state index is -0.477. The van der Waals surface area contributed by atoms with Crippen LogP contribution in [0.4, 0.5) is 5.00 Å². The minimum absolute atomic E-state index is 0.0244. The molecular weight excluding hydrogens is 416 g/mol. The zero-order valence-electron chi connectivity index (χ0n) is 16.1. The van der Waals surface area contributed by atoms with E-state index in [4.69, 9.17) is 21.1 Å². The molecule has 7 nitrogen and oxygen atoms in total. The van der Waals surface area contributed by atoms with Gasteiger partial charge in [-0.15, -0.1) is 11.3 Å². The Morgan fingerprint density at radius 3 is 2.62 bits per heavy atom. The Labute approximate surface area is 177 Å². The lowest BCUT2D eigenvalue weighted by molar-refractivity contribution is -0.129. The molecule has 1 N–H and O–H groups in total. The standard InChI is InChI=1S/C20H21ClN2O5S/c1-3-27-20(26)18-15-8-9-23(12(2)24)10-16(15)29-19(18)22-17(25)11-28-14-6-4-13(21)5-7-14/h4-7H,3,8-11H2,1-2H3,(H,22,25). The van der Waals surface area contributed by atoms with E-state index >= 15 is 0 Å². The summed E-state index contributed by atoms with van der Waals surface area (Å²) in [5.41, 5.74) is 1.20. The summed E-state index contributed by atoms with van der Waals surface area (Å²) >= 11 is 7.12. The number of nitrogens with one attached hydrogen (secondary N) is 1. The molecule has 0 aliphatic carbocycles. The predicted molar refractivity (Wildman–Crippen MR) is 111 cm³/mol. The second kappa shape index (κ2) is 9.28. The van der Waals surface area contributed by atoms with Gasteiger partial charge in [0.15, 0.2) is 6.61 Å². The Morgan fingerprint density at radius 1 is 1.24 bits per heavy atom. The summed E-state index contributed by atoms with van der Waals surface area (Å²) in [6.07, 6.45) is 0.538. The molecule has 0 radical (unpaired) electrons. The highest BCUT2D eigenvalue weighted by molar-refractivity contribution is 7.17. The Hall–Kier alpha value is -2.58. The molecular formula is C20H21ClN2O5S. The van der Waals surface area contributed by atoms with Gasteiger partial charge < -0.3 is 19.7 Å². The predicted octanol–water partition coefficient (Wildman–Crippen LogP) is 3.50. The van der Waals surface area contributed by atoms with Gasteiger partial charge in [0.25, 0.3) is 5.91 Å². The number of benzene rings is 1. The molecule has 0 unspecified atom stereocenters. The Kier molecular flexibility index (Phi) is 6.76. The van der Waals surface area contributed by atoms with Crippen molar-refractivity contribution < 1.29 is 23.9 Å². The van der Waals surface area contributed by atoms with Gasteiger partial charge in [-0.3, -0.25) is 9.59 Å². The van der Waals surface area contributed by atoms with E-state index < -0.39 is 11.9 Å². The van der Waals surface area contributed by atoms with Crippen LogP contribution >= 0.6 is 22.9 Å². The fourth-order valence-corrected chi connectivity index (χ4v) is 4.42. The first-order valence-corrected chi connectivity index (χ1v) is 10.3. The van der Waals surface area contributed by atoms with E-state index in [0.717, 1.165) is 10.4 Å². The second-order valence-electron chi connectivity index (χ2n) is 6.41. The smallest absolute Gasteiger partial charge is 0.341 e. The van der Waals surface area contributed by atoms with Gasteiger partial charge in [0.2, 0.25) is 5.91 Å². The van der Waals surface area contributed by atoms with Crippen LogP contribution in [0.15, 0.2) is 24.3 Å². The fraction of sp³-hybridized carbons (Fsp3) is 0.350. The number of anilines is 1. The van der Waals surface area contributed by atoms with Crippen LogP contribution in [-0.2, 0) is 27.3 Å². The summed E-state index contributed by atoms with van der Waals surface area (Å²) in [6.45, 7) is 4.20. The second-order valence-corrected chi connectivity index (χ2v) is 7.95. The van der Waals surface area contributed by atoms with Gasteiger partial charge >= 0.3 is 5.97 Å². The maximum atomic E-state index is 12.5. The number of ether oxygens (including phenoxy) is 2. The molecule has 0 bridgehead atoms. The topological polar surface area (TPSA) is 84.9 Å². The molecule has 2 amide bonds. The fourth-order valence-electron chi connectivity index (χ4n) is 3.02. The number of nitrogens with zero attached hydrogens (tertiary/aromatic N) is 1. The van der Waals surface area contributed by atoms with Gasteiger partial charge in [-0.2, -0.15) is 0 Å². The molecule has 154 valence electrons. The van der Waals surface area contributed by atoms with Crippen LogP contribution in [0.2, 0.25) is 5.02 Å². The van der Waals surface area contributed by atoms with Crippen molar-refractivity contribution in [2.45, 2.75) is 26.8 Å². The van der Waals surface area contributed by atoms with Crippen molar-refractivity contribution in [3.63, 3.8) is 0 Å². The number of amides is 2. The number of fused-ring (bicyclic) bond motifs is 1. The Morgan fingerprint density at radius 2 is 1.97 bits per heavy atom. The zero-order valence-corrected chi connectivity index (χ0v) is 17.7. The number of hydrogen-bond acceptors (Lipinski definition) is 6. The molecule has 0 atom stereocenters. The molecule has 1 aliphatic rings. The maximum absolute atomic E-state index is 12.5. The SMILES string of the molecule is CCOC(=O)c1c(NC(=O)COc2ccc(Cl)cc2)sc2c1CCN(C(C)=O)C2. The van der Waals surface area contributed by atoms with Crippen LogP contribution in [-0.4, -0.2) is 42.4 Å². The van der Waals surface area contributed by atoms with Crippen LogP contribution in [0.25, 0.3) is 0 Å². The Bertz CT molecular complexity index is 926. The summed E-state index contributed by atoms with van der Waals surface area (Å²) in [5, 5.41) is 3.75. The maximum Gasteiger partial charge on any atom is 0.341 e. The molecule has 9 heteroatoms. The van der Waals surface area contributed by atoms with Crippen molar-refractivity contribution in [2.75, 3.05) is 25.1 Å². The van der Waals surface area contributed by atoms with Gasteiger partial charge in [-0.05, 0) is 43.2 Å². The summed E-state index contributed by atoms with van der Waals surface area (Å²) in [5.74, 6) is -0.385. The normalized spacial score (nSPS) is 12.9. The van der Waals surface area contributed by atoms with Crippen molar-refractivity contribution in [2.24, 2.45) is 0 Å². The first-order valence-electron chi connectivity index (χ1n) is 9.14. The number of carbonyl (C=O) groups is 3. The first kappa shape index (κ1) is 21.1. The third-order valence-corrected chi connectivity index (χ3v) is 5.80. The summed E-state index contributed by atoms with van der Waals surface area (Å²) in [7, 11) is 0. The third-order valence-electron chi connectivity index (χ3n) is 4.42. The van der Waals surface area contributed by atoms with Gasteiger partial charge in [0.05, 0.1) is 18.7 Å². The number of thiophene rings is 1. The van der Waals surface area contributed by atoms with E-state index in [1.54, 1.807) is 36.1 Å². The Balaban J connectivity index is 1.76. The average molecular weight is 437 g/mol. The molecule has 3 rings (SSSR count). The lowest BCUT2D eigenvalue weighted by Gasteiger charge is -2.25. The van der Waals surface area contributed by atoms with Crippen molar-refractivity contribution in [1.29, 1.82) is 0 Å². The van der Waals surface area contributed by atoms with Crippen LogP contribution in [0.5, 0.6) is 5.75 Å². The van der Waals surface area contributed by atoms with E-state index in [1.807, 2.05) is 0 Å². The first-order chi connectivity index (χ1) is 13.9. The summed E-state index contributed by atoms with van der Waals surface area (Å²) in [6, 6.07) is 6.67. The van der Waals surface area contributed by atoms with Gasteiger partial charge in [0, 0.05) is 23.4 Å². The van der Waals surface area contributed by atoms with Crippen LogP contribution in [0.3, 0.4) is 0 Å². The summed E-state index contributed by atoms with van der Waals surface area (Å²) in [4.78, 5) is 39.2. The van der Waals surface area contributed by atoms with E-state index in [1.165, 1.54) is 18.3 Å². The highest BCUT2D eigenvalue weighted by Gasteiger charge is 2.30. The molecule has 1 aliphatic heterocycles. The lowest BCUT2D eigenvalue weighted by Crippen LogP contribution is -2.34. The number of esters is 1. The van der Waals surface area contributed by atoms with Crippen molar-refractivity contribution in [3.8, 4) is 5.75 Å². The zero-order chi connectivity index (χ0) is 21.0. The van der Waals surface area contributed by atoms with E-state index in [2.05, 4.69) is 5.32 Å². The quantitative estimate of drug-likeness (QED) is 0.700. The van der Waals surface area contributed by atoms with Crippen molar-refractivity contribution in [1.82, 2.24) is 4.90 Å². The molecule has 29 heavy (non-hydrogen) atoms. The van der Waals surface area contributed by atoms with Crippen LogP contribution in [0.1, 0.15) is 34.6 Å². The number of rotatable bonds is 6. The molecule has 2 heterocycles. The molecule has 0 spiro atoms. The lowest BCUT2D eigenvalue weighted by atomic mass is 10.0. The molecule has 0 fully saturated rings. The molecule has 1 aromatic heterocycles. The van der Waals surface area contributed by atoms with Gasteiger partial charge in [0.1, 0.15) is 10.8 Å².